The topological polar surface area (TPSA) is 68.0 Å². The molecule has 0 bridgehead atoms. The van der Waals surface area contributed by atoms with Crippen LogP contribution in [0, 0.1) is 6.92 Å². The number of thioether (sulfide) groups is 1. The summed E-state index contributed by atoms with van der Waals surface area (Å²) in [7, 11) is 1.87. The molecule has 0 radical (unpaired) electrons. The van der Waals surface area contributed by atoms with Crippen molar-refractivity contribution < 1.29 is 9.90 Å². The Labute approximate surface area is 122 Å². The van der Waals surface area contributed by atoms with Crippen molar-refractivity contribution in [2.24, 2.45) is 7.05 Å². The number of carbonyl (C=O) groups is 1. The minimum absolute atomic E-state index is 0.00390. The second-order valence-electron chi connectivity index (χ2n) is 4.63. The highest BCUT2D eigenvalue weighted by molar-refractivity contribution is 7.99. The van der Waals surface area contributed by atoms with Gasteiger partial charge in [-0.1, -0.05) is 41.6 Å². The molecule has 0 aliphatic heterocycles. The number of benzene rings is 1. The molecule has 0 unspecified atom stereocenters. The minimum Gasteiger partial charge on any atom is -0.481 e. The zero-order chi connectivity index (χ0) is 14.5. The number of carboxylic acid groups (broad SMARTS) is 1. The lowest BCUT2D eigenvalue weighted by atomic mass is 10.1. The summed E-state index contributed by atoms with van der Waals surface area (Å²) >= 11 is 1.19. The molecule has 1 aromatic heterocycles. The van der Waals surface area contributed by atoms with E-state index in [1.165, 1.54) is 22.9 Å². The molecule has 0 amide bonds. The lowest BCUT2D eigenvalue weighted by Gasteiger charge is -2.03. The number of hydrogen-bond acceptors (Lipinski definition) is 4. The number of rotatable bonds is 6. The first-order valence-electron chi connectivity index (χ1n) is 6.34. The van der Waals surface area contributed by atoms with Gasteiger partial charge < -0.3 is 9.67 Å². The maximum absolute atomic E-state index is 10.6. The Bertz CT molecular complexity index is 593. The lowest BCUT2D eigenvalue weighted by molar-refractivity contribution is -0.133. The van der Waals surface area contributed by atoms with E-state index in [4.69, 9.17) is 5.11 Å². The van der Waals surface area contributed by atoms with E-state index in [1.54, 1.807) is 0 Å². The van der Waals surface area contributed by atoms with Crippen LogP contribution < -0.4 is 0 Å². The third kappa shape index (κ3) is 3.84. The zero-order valence-electron chi connectivity index (χ0n) is 11.5. The van der Waals surface area contributed by atoms with E-state index in [0.717, 1.165) is 18.7 Å². The van der Waals surface area contributed by atoms with E-state index in [0.29, 0.717) is 5.16 Å². The standard InChI is InChI=1S/C14H17N3O2S/c1-10-3-5-11(6-4-10)7-8-12-15-16-14(17(12)2)20-9-13(18)19/h3-6H,7-9H2,1-2H3,(H,18,19). The highest BCUT2D eigenvalue weighted by Crippen LogP contribution is 2.16. The second-order valence-corrected chi connectivity index (χ2v) is 5.57. The second kappa shape index (κ2) is 6.56. The Morgan fingerprint density at radius 3 is 2.60 bits per heavy atom. The van der Waals surface area contributed by atoms with Gasteiger partial charge in [-0.2, -0.15) is 0 Å². The molecule has 1 heterocycles. The number of nitrogens with zero attached hydrogens (tertiary/aromatic N) is 3. The summed E-state index contributed by atoms with van der Waals surface area (Å²) in [5.74, 6) is 0.0295. The van der Waals surface area contributed by atoms with Crippen LogP contribution in [0.2, 0.25) is 0 Å². The van der Waals surface area contributed by atoms with Gasteiger partial charge in [0.15, 0.2) is 5.16 Å². The average Bonchev–Trinajstić information content (AvgIpc) is 2.77. The van der Waals surface area contributed by atoms with Crippen molar-refractivity contribution in [3.63, 3.8) is 0 Å². The number of aliphatic carboxylic acids is 1. The maximum Gasteiger partial charge on any atom is 0.313 e. The number of aromatic nitrogens is 3. The third-order valence-corrected chi connectivity index (χ3v) is 4.01. The maximum atomic E-state index is 10.6. The summed E-state index contributed by atoms with van der Waals surface area (Å²) in [5, 5.41) is 17.5. The van der Waals surface area contributed by atoms with Crippen LogP contribution in [-0.2, 0) is 24.7 Å². The Morgan fingerprint density at radius 1 is 1.25 bits per heavy atom. The van der Waals surface area contributed by atoms with Crippen molar-refractivity contribution in [2.45, 2.75) is 24.9 Å². The van der Waals surface area contributed by atoms with E-state index in [1.807, 2.05) is 11.6 Å². The minimum atomic E-state index is -0.848. The molecule has 0 aliphatic carbocycles. The van der Waals surface area contributed by atoms with Crippen LogP contribution in [0.25, 0.3) is 0 Å². The first kappa shape index (κ1) is 14.6. The molecule has 0 aliphatic rings. The van der Waals surface area contributed by atoms with Gasteiger partial charge in [-0.15, -0.1) is 10.2 Å². The highest BCUT2D eigenvalue weighted by Gasteiger charge is 2.10. The van der Waals surface area contributed by atoms with Crippen LogP contribution in [-0.4, -0.2) is 31.6 Å². The van der Waals surface area contributed by atoms with Gasteiger partial charge in [0.05, 0.1) is 5.75 Å². The van der Waals surface area contributed by atoms with Gasteiger partial charge in [-0.05, 0) is 18.9 Å². The lowest BCUT2D eigenvalue weighted by Crippen LogP contribution is -2.03. The SMILES string of the molecule is Cc1ccc(CCc2nnc(SCC(=O)O)n2C)cc1. The average molecular weight is 291 g/mol. The molecule has 2 rings (SSSR count). The first-order chi connectivity index (χ1) is 9.56. The molecule has 1 aromatic carbocycles. The molecule has 0 spiro atoms. The van der Waals surface area contributed by atoms with Crippen molar-refractivity contribution in [2.75, 3.05) is 5.75 Å². The molecule has 0 fully saturated rings. The predicted molar refractivity (Wildman–Crippen MR) is 77.9 cm³/mol. The fraction of sp³-hybridized carbons (Fsp3) is 0.357. The fourth-order valence-electron chi connectivity index (χ4n) is 1.83. The Kier molecular flexibility index (Phi) is 4.79. The molecular weight excluding hydrogens is 274 g/mol. The van der Waals surface area contributed by atoms with E-state index in [2.05, 4.69) is 41.4 Å². The van der Waals surface area contributed by atoms with Crippen LogP contribution in [0.3, 0.4) is 0 Å². The smallest absolute Gasteiger partial charge is 0.313 e. The predicted octanol–water partition coefficient (Wildman–Crippen LogP) is 2.09. The van der Waals surface area contributed by atoms with Crippen molar-refractivity contribution in [3.05, 3.63) is 41.2 Å². The van der Waals surface area contributed by atoms with E-state index >= 15 is 0 Å². The Morgan fingerprint density at radius 2 is 1.95 bits per heavy atom. The van der Waals surface area contributed by atoms with Gasteiger partial charge >= 0.3 is 5.97 Å². The number of aryl methyl sites for hydroxylation is 3. The Hall–Kier alpha value is -1.82. The molecule has 106 valence electrons. The fourth-order valence-corrected chi connectivity index (χ4v) is 2.48. The molecule has 0 saturated carbocycles. The van der Waals surface area contributed by atoms with E-state index in [-0.39, 0.29) is 5.75 Å². The molecule has 5 nitrogen and oxygen atoms in total. The number of hydrogen-bond donors (Lipinski definition) is 1. The molecule has 2 aromatic rings. The first-order valence-corrected chi connectivity index (χ1v) is 7.33. The van der Waals surface area contributed by atoms with E-state index < -0.39 is 5.97 Å². The molecule has 0 atom stereocenters. The van der Waals surface area contributed by atoms with Crippen LogP contribution >= 0.6 is 11.8 Å². The summed E-state index contributed by atoms with van der Waals surface area (Å²) in [4.78, 5) is 10.6. The normalized spacial score (nSPS) is 10.7. The highest BCUT2D eigenvalue weighted by atomic mass is 32.2. The monoisotopic (exact) mass is 291 g/mol. The van der Waals surface area contributed by atoms with Gasteiger partial charge in [0, 0.05) is 13.5 Å². The van der Waals surface area contributed by atoms with Gasteiger partial charge in [-0.25, -0.2) is 0 Å². The van der Waals surface area contributed by atoms with Crippen molar-refractivity contribution >= 4 is 17.7 Å². The summed E-state index contributed by atoms with van der Waals surface area (Å²) in [5.41, 5.74) is 2.51. The van der Waals surface area contributed by atoms with Crippen molar-refractivity contribution in [3.8, 4) is 0 Å². The van der Waals surface area contributed by atoms with Crippen molar-refractivity contribution in [1.29, 1.82) is 0 Å². The molecule has 20 heavy (non-hydrogen) atoms. The summed E-state index contributed by atoms with van der Waals surface area (Å²) in [6.45, 7) is 2.07. The van der Waals surface area contributed by atoms with Crippen LogP contribution in [0.4, 0.5) is 0 Å². The van der Waals surface area contributed by atoms with Crippen molar-refractivity contribution in [1.82, 2.24) is 14.8 Å². The summed E-state index contributed by atoms with van der Waals surface area (Å²) in [6.07, 6.45) is 1.69. The van der Waals surface area contributed by atoms with Gasteiger partial charge in [-0.3, -0.25) is 4.79 Å². The van der Waals surface area contributed by atoms with Gasteiger partial charge in [0.2, 0.25) is 0 Å². The van der Waals surface area contributed by atoms with Gasteiger partial charge in [0.25, 0.3) is 0 Å². The largest absolute Gasteiger partial charge is 0.481 e. The summed E-state index contributed by atoms with van der Waals surface area (Å²) in [6, 6.07) is 8.43. The van der Waals surface area contributed by atoms with Crippen LogP contribution in [0.5, 0.6) is 0 Å². The third-order valence-electron chi connectivity index (χ3n) is 3.01. The van der Waals surface area contributed by atoms with E-state index in [9.17, 15) is 4.79 Å². The Balaban J connectivity index is 1.96. The number of carboxylic acids is 1. The van der Waals surface area contributed by atoms with Crippen LogP contribution in [0.15, 0.2) is 29.4 Å². The molecule has 6 heteroatoms. The molecular formula is C14H17N3O2S. The molecule has 1 N–H and O–H groups in total. The molecule has 0 saturated heterocycles. The quantitative estimate of drug-likeness (QED) is 0.825. The van der Waals surface area contributed by atoms with Gasteiger partial charge in [0.1, 0.15) is 5.82 Å². The van der Waals surface area contributed by atoms with Crippen LogP contribution in [0.1, 0.15) is 17.0 Å². The summed E-state index contributed by atoms with van der Waals surface area (Å²) < 4.78 is 1.86. The zero-order valence-corrected chi connectivity index (χ0v) is 12.4.